The van der Waals surface area contributed by atoms with Gasteiger partial charge in [-0.2, -0.15) is 0 Å². The third-order valence-corrected chi connectivity index (χ3v) is 4.35. The number of amides is 1. The van der Waals surface area contributed by atoms with Gasteiger partial charge < -0.3 is 9.64 Å². The van der Waals surface area contributed by atoms with Crippen molar-refractivity contribution in [3.63, 3.8) is 0 Å². The molecule has 1 aromatic heterocycles. The normalized spacial score (nSPS) is 21.8. The Morgan fingerprint density at radius 3 is 2.90 bits per heavy atom. The second-order valence-electron chi connectivity index (χ2n) is 6.04. The molecule has 1 aromatic rings. The molecule has 1 amide bonds. The molecule has 2 rings (SSSR count). The molecule has 1 aliphatic rings. The Kier molecular flexibility index (Phi) is 5.34. The molecule has 1 aliphatic heterocycles. The van der Waals surface area contributed by atoms with Crippen LogP contribution in [-0.2, 0) is 16.0 Å². The minimum atomic E-state index is -0.0985. The first-order chi connectivity index (χ1) is 10.1. The number of rotatable bonds is 6. The van der Waals surface area contributed by atoms with Gasteiger partial charge in [-0.05, 0) is 37.8 Å². The van der Waals surface area contributed by atoms with Crippen molar-refractivity contribution in [1.29, 1.82) is 0 Å². The summed E-state index contributed by atoms with van der Waals surface area (Å²) in [4.78, 5) is 19.0. The lowest BCUT2D eigenvalue weighted by Gasteiger charge is -2.38. The van der Waals surface area contributed by atoms with Gasteiger partial charge in [0, 0.05) is 25.5 Å². The Hall–Kier alpha value is -1.42. The van der Waals surface area contributed by atoms with E-state index in [2.05, 4.69) is 16.8 Å². The number of hydrogen-bond donors (Lipinski definition) is 0. The summed E-state index contributed by atoms with van der Waals surface area (Å²) in [5, 5.41) is 0. The van der Waals surface area contributed by atoms with E-state index in [0.717, 1.165) is 43.5 Å². The number of carbonyl (C=O) groups excluding carboxylic acids is 1. The fourth-order valence-electron chi connectivity index (χ4n) is 3.42. The minimum Gasteiger partial charge on any atom is -0.382 e. The Bertz CT molecular complexity index is 464. The number of hydrogen-bond acceptors (Lipinski definition) is 3. The SMILES string of the molecule is CCCC1(COC)CCCN1C(=O)Cc1ccc(C)nc1. The van der Waals surface area contributed by atoms with Crippen molar-refractivity contribution < 1.29 is 9.53 Å². The summed E-state index contributed by atoms with van der Waals surface area (Å²) in [6.07, 6.45) is 6.44. The fraction of sp³-hybridized carbons (Fsp3) is 0.647. The third kappa shape index (κ3) is 3.62. The summed E-state index contributed by atoms with van der Waals surface area (Å²) in [5.74, 6) is 0.198. The zero-order valence-electron chi connectivity index (χ0n) is 13.4. The number of methoxy groups -OCH3 is 1. The number of aryl methyl sites for hydroxylation is 1. The second-order valence-corrected chi connectivity index (χ2v) is 6.04. The van der Waals surface area contributed by atoms with Crippen LogP contribution in [0, 0.1) is 6.92 Å². The maximum atomic E-state index is 12.7. The average molecular weight is 290 g/mol. The van der Waals surface area contributed by atoms with Gasteiger partial charge in [-0.25, -0.2) is 0 Å². The number of ether oxygens (including phenoxy) is 1. The van der Waals surface area contributed by atoms with Crippen molar-refractivity contribution in [1.82, 2.24) is 9.88 Å². The van der Waals surface area contributed by atoms with Gasteiger partial charge in [0.25, 0.3) is 0 Å². The molecule has 4 heteroatoms. The predicted molar refractivity (Wildman–Crippen MR) is 83.1 cm³/mol. The summed E-state index contributed by atoms with van der Waals surface area (Å²) >= 11 is 0. The van der Waals surface area contributed by atoms with Crippen LogP contribution in [0.5, 0.6) is 0 Å². The number of likely N-dealkylation sites (tertiary alicyclic amines) is 1. The van der Waals surface area contributed by atoms with E-state index in [1.807, 2.05) is 19.1 Å². The van der Waals surface area contributed by atoms with E-state index in [0.29, 0.717) is 13.0 Å². The predicted octanol–water partition coefficient (Wildman–Crippen LogP) is 2.74. The van der Waals surface area contributed by atoms with Gasteiger partial charge in [-0.15, -0.1) is 0 Å². The topological polar surface area (TPSA) is 42.4 Å². The summed E-state index contributed by atoms with van der Waals surface area (Å²) in [5.41, 5.74) is 1.87. The van der Waals surface area contributed by atoms with Crippen molar-refractivity contribution >= 4 is 5.91 Å². The van der Waals surface area contributed by atoms with Crippen LogP contribution in [0.3, 0.4) is 0 Å². The van der Waals surface area contributed by atoms with E-state index in [-0.39, 0.29) is 11.4 Å². The van der Waals surface area contributed by atoms with Crippen LogP contribution in [0.4, 0.5) is 0 Å². The van der Waals surface area contributed by atoms with Crippen molar-refractivity contribution in [2.75, 3.05) is 20.3 Å². The molecule has 0 aliphatic carbocycles. The molecule has 0 spiro atoms. The first-order valence-corrected chi connectivity index (χ1v) is 7.82. The van der Waals surface area contributed by atoms with E-state index in [4.69, 9.17) is 4.74 Å². The quantitative estimate of drug-likeness (QED) is 0.809. The Labute approximate surface area is 127 Å². The molecule has 0 N–H and O–H groups in total. The van der Waals surface area contributed by atoms with Crippen molar-refractivity contribution in [3.05, 3.63) is 29.6 Å². The summed E-state index contributed by atoms with van der Waals surface area (Å²) in [7, 11) is 1.72. The summed E-state index contributed by atoms with van der Waals surface area (Å²) < 4.78 is 5.42. The van der Waals surface area contributed by atoms with Gasteiger partial charge in [-0.3, -0.25) is 9.78 Å². The molecule has 0 bridgehead atoms. The number of aromatic nitrogens is 1. The monoisotopic (exact) mass is 290 g/mol. The molecule has 1 unspecified atom stereocenters. The summed E-state index contributed by atoms with van der Waals surface area (Å²) in [6.45, 7) is 5.61. The zero-order valence-corrected chi connectivity index (χ0v) is 13.4. The smallest absolute Gasteiger partial charge is 0.227 e. The van der Waals surface area contributed by atoms with Gasteiger partial charge >= 0.3 is 0 Å². The molecule has 0 aromatic carbocycles. The van der Waals surface area contributed by atoms with E-state index in [1.165, 1.54) is 0 Å². The molecule has 4 nitrogen and oxygen atoms in total. The van der Waals surface area contributed by atoms with Gasteiger partial charge in [0.05, 0.1) is 18.6 Å². The Morgan fingerprint density at radius 2 is 2.29 bits per heavy atom. The van der Waals surface area contributed by atoms with Crippen LogP contribution in [0.1, 0.15) is 43.9 Å². The Morgan fingerprint density at radius 1 is 1.48 bits per heavy atom. The van der Waals surface area contributed by atoms with Crippen molar-refractivity contribution in [2.24, 2.45) is 0 Å². The third-order valence-electron chi connectivity index (χ3n) is 4.35. The lowest BCUT2D eigenvalue weighted by atomic mass is 9.91. The number of carbonyl (C=O) groups is 1. The molecular formula is C17H26N2O2. The number of nitrogens with zero attached hydrogens (tertiary/aromatic N) is 2. The first kappa shape index (κ1) is 16.0. The summed E-state index contributed by atoms with van der Waals surface area (Å²) in [6, 6.07) is 3.95. The van der Waals surface area contributed by atoms with Crippen LogP contribution < -0.4 is 0 Å². The maximum absolute atomic E-state index is 12.7. The first-order valence-electron chi connectivity index (χ1n) is 7.82. The lowest BCUT2D eigenvalue weighted by Crippen LogP contribution is -2.51. The molecule has 21 heavy (non-hydrogen) atoms. The fourth-order valence-corrected chi connectivity index (χ4v) is 3.42. The average Bonchev–Trinajstić information content (AvgIpc) is 2.86. The second kappa shape index (κ2) is 7.03. The highest BCUT2D eigenvalue weighted by molar-refractivity contribution is 5.79. The Balaban J connectivity index is 2.10. The molecule has 116 valence electrons. The van der Waals surface area contributed by atoms with Crippen LogP contribution in [0.25, 0.3) is 0 Å². The molecular weight excluding hydrogens is 264 g/mol. The molecule has 0 radical (unpaired) electrons. The minimum absolute atomic E-state index is 0.0985. The van der Waals surface area contributed by atoms with Gasteiger partial charge in [0.1, 0.15) is 0 Å². The molecule has 1 atom stereocenters. The zero-order chi connectivity index (χ0) is 15.3. The van der Waals surface area contributed by atoms with Crippen LogP contribution in [0.2, 0.25) is 0 Å². The van der Waals surface area contributed by atoms with Crippen molar-refractivity contribution in [3.8, 4) is 0 Å². The molecule has 2 heterocycles. The van der Waals surface area contributed by atoms with E-state index in [1.54, 1.807) is 13.3 Å². The highest BCUT2D eigenvalue weighted by atomic mass is 16.5. The van der Waals surface area contributed by atoms with Crippen LogP contribution in [-0.4, -0.2) is 41.6 Å². The van der Waals surface area contributed by atoms with E-state index < -0.39 is 0 Å². The highest BCUT2D eigenvalue weighted by Gasteiger charge is 2.42. The molecule has 1 fully saturated rings. The lowest BCUT2D eigenvalue weighted by molar-refractivity contribution is -0.137. The standard InChI is InChI=1S/C17H26N2O2/c1-4-8-17(13-21-3)9-5-10-19(17)16(20)11-15-7-6-14(2)18-12-15/h6-7,12H,4-5,8-11,13H2,1-3H3. The van der Waals surface area contributed by atoms with E-state index >= 15 is 0 Å². The van der Waals surface area contributed by atoms with E-state index in [9.17, 15) is 4.79 Å². The largest absolute Gasteiger partial charge is 0.382 e. The number of pyridine rings is 1. The van der Waals surface area contributed by atoms with Crippen molar-refractivity contribution in [2.45, 2.75) is 51.5 Å². The molecule has 1 saturated heterocycles. The van der Waals surface area contributed by atoms with Gasteiger partial charge in [0.15, 0.2) is 0 Å². The van der Waals surface area contributed by atoms with Crippen LogP contribution >= 0.6 is 0 Å². The van der Waals surface area contributed by atoms with Crippen LogP contribution in [0.15, 0.2) is 18.3 Å². The highest BCUT2D eigenvalue weighted by Crippen LogP contribution is 2.34. The van der Waals surface area contributed by atoms with Gasteiger partial charge in [0.2, 0.25) is 5.91 Å². The van der Waals surface area contributed by atoms with Gasteiger partial charge in [-0.1, -0.05) is 19.4 Å². The molecule has 0 saturated carbocycles. The maximum Gasteiger partial charge on any atom is 0.227 e.